The molecule has 0 saturated carbocycles. The van der Waals surface area contributed by atoms with Gasteiger partial charge in [-0.25, -0.2) is 14.0 Å². The van der Waals surface area contributed by atoms with Crippen LogP contribution >= 0.6 is 15.9 Å². The van der Waals surface area contributed by atoms with Gasteiger partial charge in [-0.05, 0) is 53.0 Å². The third kappa shape index (κ3) is 5.99. The Labute approximate surface area is 200 Å². The minimum atomic E-state index is -3.08. The highest BCUT2D eigenvalue weighted by Gasteiger charge is 2.17. The number of carbonyl (C=O) groups is 1. The van der Waals surface area contributed by atoms with Crippen molar-refractivity contribution in [3.63, 3.8) is 0 Å². The van der Waals surface area contributed by atoms with E-state index in [0.29, 0.717) is 46.9 Å². The fourth-order valence-electron chi connectivity index (χ4n) is 3.18. The Kier molecular flexibility index (Phi) is 7.09. The van der Waals surface area contributed by atoms with E-state index in [1.54, 1.807) is 48.7 Å². The molecule has 1 aliphatic heterocycles. The molecule has 0 aliphatic carbocycles. The summed E-state index contributed by atoms with van der Waals surface area (Å²) in [6.45, 7) is 1.14. The smallest absolute Gasteiger partial charge is 0.353 e. The highest BCUT2D eigenvalue weighted by Crippen LogP contribution is 2.31. The minimum Gasteiger partial charge on any atom is -0.492 e. The van der Waals surface area contributed by atoms with Crippen molar-refractivity contribution in [2.45, 2.75) is 17.7 Å². The number of carbonyl (C=O) groups excluding carboxylic acids is 1. The van der Waals surface area contributed by atoms with E-state index in [0.717, 1.165) is 17.3 Å². The molecule has 4 rings (SSSR count). The van der Waals surface area contributed by atoms with Crippen LogP contribution in [0.25, 0.3) is 0 Å². The SMILES string of the molecule is CS(=O)(=NC(=O)Nc1ccccc1)c1ccc2cc1OCCCCNc1nc(ncc1Br)N2. The van der Waals surface area contributed by atoms with Gasteiger partial charge in [0.15, 0.2) is 0 Å². The van der Waals surface area contributed by atoms with E-state index in [2.05, 4.69) is 46.2 Å². The number of fused-ring (bicyclic) bond motifs is 4. The molecule has 0 fully saturated rings. The number of aromatic nitrogens is 2. The number of hydrogen-bond acceptors (Lipinski definition) is 7. The first kappa shape index (κ1) is 23.0. The maximum Gasteiger partial charge on any atom is 0.353 e. The number of nitrogens with one attached hydrogen (secondary N) is 3. The molecule has 172 valence electrons. The van der Waals surface area contributed by atoms with Gasteiger partial charge in [-0.1, -0.05) is 18.2 Å². The summed E-state index contributed by atoms with van der Waals surface area (Å²) in [6.07, 6.45) is 4.72. The zero-order valence-corrected chi connectivity index (χ0v) is 20.3. The van der Waals surface area contributed by atoms with Crippen LogP contribution in [-0.2, 0) is 9.73 Å². The molecular formula is C22H23BrN6O3S. The number of rotatable bonds is 2. The van der Waals surface area contributed by atoms with Gasteiger partial charge in [0.25, 0.3) is 0 Å². The largest absolute Gasteiger partial charge is 0.492 e. The number of amides is 2. The molecule has 11 heteroatoms. The van der Waals surface area contributed by atoms with Gasteiger partial charge in [0.1, 0.15) is 11.6 Å². The summed E-state index contributed by atoms with van der Waals surface area (Å²) in [6, 6.07) is 13.3. The second kappa shape index (κ2) is 10.2. The van der Waals surface area contributed by atoms with Gasteiger partial charge in [0.05, 0.1) is 25.7 Å². The molecule has 33 heavy (non-hydrogen) atoms. The van der Waals surface area contributed by atoms with Gasteiger partial charge in [0.2, 0.25) is 5.95 Å². The van der Waals surface area contributed by atoms with Gasteiger partial charge < -0.3 is 20.7 Å². The molecule has 2 amide bonds. The van der Waals surface area contributed by atoms with Crippen LogP contribution in [-0.4, -0.2) is 39.6 Å². The zero-order valence-electron chi connectivity index (χ0n) is 17.9. The number of benzene rings is 2. The van der Waals surface area contributed by atoms with Crippen molar-refractivity contribution in [3.8, 4) is 5.75 Å². The van der Waals surface area contributed by atoms with Gasteiger partial charge in [-0.3, -0.25) is 0 Å². The van der Waals surface area contributed by atoms with Crippen molar-refractivity contribution in [2.24, 2.45) is 4.36 Å². The number of anilines is 4. The highest BCUT2D eigenvalue weighted by molar-refractivity contribution is 9.10. The number of urea groups is 1. The van der Waals surface area contributed by atoms with Crippen LogP contribution in [0.15, 0.2) is 68.5 Å². The Morgan fingerprint density at radius 1 is 1.21 bits per heavy atom. The molecule has 3 aromatic rings. The Balaban J connectivity index is 1.65. The fraction of sp³-hybridized carbons (Fsp3) is 0.227. The van der Waals surface area contributed by atoms with E-state index >= 15 is 0 Å². The summed E-state index contributed by atoms with van der Waals surface area (Å²) >= 11 is 3.45. The Morgan fingerprint density at radius 3 is 2.85 bits per heavy atom. The van der Waals surface area contributed by atoms with Gasteiger partial charge in [-0.2, -0.15) is 4.98 Å². The first-order chi connectivity index (χ1) is 15.9. The summed E-state index contributed by atoms with van der Waals surface area (Å²) in [5.74, 6) is 1.50. The van der Waals surface area contributed by atoms with E-state index in [4.69, 9.17) is 4.74 Å². The number of halogens is 1. The van der Waals surface area contributed by atoms with Crippen LogP contribution in [0.3, 0.4) is 0 Å². The average Bonchev–Trinajstić information content (AvgIpc) is 2.78. The quantitative estimate of drug-likeness (QED) is 0.413. The van der Waals surface area contributed by atoms with E-state index < -0.39 is 15.8 Å². The molecule has 0 radical (unpaired) electrons. The van der Waals surface area contributed by atoms with Gasteiger partial charge in [-0.15, -0.1) is 4.36 Å². The lowest BCUT2D eigenvalue weighted by atomic mass is 10.3. The maximum absolute atomic E-state index is 13.4. The predicted molar refractivity (Wildman–Crippen MR) is 133 cm³/mol. The monoisotopic (exact) mass is 530 g/mol. The van der Waals surface area contributed by atoms with E-state index in [1.165, 1.54) is 6.26 Å². The van der Waals surface area contributed by atoms with Crippen LogP contribution in [0.4, 0.5) is 27.9 Å². The first-order valence-electron chi connectivity index (χ1n) is 10.3. The van der Waals surface area contributed by atoms with E-state index in [1.807, 2.05) is 6.07 Å². The summed E-state index contributed by atoms with van der Waals surface area (Å²) in [7, 11) is -3.08. The molecule has 1 aliphatic rings. The molecule has 1 unspecified atom stereocenters. The predicted octanol–water partition coefficient (Wildman–Crippen LogP) is 5.26. The summed E-state index contributed by atoms with van der Waals surface area (Å²) in [5, 5.41) is 9.05. The highest BCUT2D eigenvalue weighted by atomic mass is 79.9. The molecule has 9 nitrogen and oxygen atoms in total. The van der Waals surface area contributed by atoms with E-state index in [-0.39, 0.29) is 0 Å². The van der Waals surface area contributed by atoms with Crippen LogP contribution in [0, 0.1) is 0 Å². The standard InChI is InChI=1S/C22H23BrN6O3S/c1-33(31,29-22(30)27-15-7-3-2-4-8-15)19-10-9-16-13-18(19)32-12-6-5-11-24-20-17(23)14-25-21(26-16)28-20/h2-4,7-10,13-14H,5-6,11-12H2,1H3,(H,27,30)(H2,24,25,26,28). The topological polar surface area (TPSA) is 118 Å². The second-order valence-corrected chi connectivity index (χ2v) is 10.4. The lowest BCUT2D eigenvalue weighted by molar-refractivity contribution is 0.260. The van der Waals surface area contributed by atoms with Crippen molar-refractivity contribution < 1.29 is 13.7 Å². The maximum atomic E-state index is 13.4. The van der Waals surface area contributed by atoms with Gasteiger partial charge in [0, 0.05) is 36.4 Å². The third-order valence-electron chi connectivity index (χ3n) is 4.76. The van der Waals surface area contributed by atoms with Crippen molar-refractivity contribution in [1.82, 2.24) is 9.97 Å². The number of para-hydroxylation sites is 1. The molecule has 1 aromatic heterocycles. The zero-order chi connectivity index (χ0) is 23.3. The first-order valence-corrected chi connectivity index (χ1v) is 13.0. The van der Waals surface area contributed by atoms with Crippen molar-refractivity contribution >= 4 is 54.8 Å². The summed E-state index contributed by atoms with van der Waals surface area (Å²) in [5.41, 5.74) is 1.23. The van der Waals surface area contributed by atoms with Crippen LogP contribution in [0.1, 0.15) is 12.8 Å². The van der Waals surface area contributed by atoms with Crippen LogP contribution in [0.2, 0.25) is 0 Å². The summed E-state index contributed by atoms with van der Waals surface area (Å²) < 4.78 is 24.1. The van der Waals surface area contributed by atoms with Gasteiger partial charge >= 0.3 is 6.03 Å². The normalized spacial score (nSPS) is 15.1. The molecule has 0 spiro atoms. The van der Waals surface area contributed by atoms with Crippen LogP contribution < -0.4 is 20.7 Å². The Bertz CT molecular complexity index is 1280. The molecule has 2 aromatic carbocycles. The minimum absolute atomic E-state index is 0.349. The molecule has 3 N–H and O–H groups in total. The average molecular weight is 531 g/mol. The molecule has 2 heterocycles. The molecule has 4 bridgehead atoms. The second-order valence-electron chi connectivity index (χ2n) is 7.35. The van der Waals surface area contributed by atoms with E-state index in [9.17, 15) is 9.00 Å². The number of hydrogen-bond donors (Lipinski definition) is 3. The molecule has 0 saturated heterocycles. The van der Waals surface area contributed by atoms with Crippen molar-refractivity contribution in [3.05, 3.63) is 59.2 Å². The molecule has 1 atom stereocenters. The lowest BCUT2D eigenvalue weighted by Crippen LogP contribution is -2.12. The van der Waals surface area contributed by atoms with Crippen LogP contribution in [0.5, 0.6) is 5.75 Å². The molecular weight excluding hydrogens is 508 g/mol. The summed E-state index contributed by atoms with van der Waals surface area (Å²) in [4.78, 5) is 21.5. The fourth-order valence-corrected chi connectivity index (χ4v) is 4.79. The van der Waals surface area contributed by atoms with Crippen molar-refractivity contribution in [2.75, 3.05) is 35.4 Å². The number of nitrogens with zero attached hydrogens (tertiary/aromatic N) is 3. The Hall–Kier alpha value is -3.18. The van der Waals surface area contributed by atoms with Crippen molar-refractivity contribution in [1.29, 1.82) is 0 Å². The lowest BCUT2D eigenvalue weighted by Gasteiger charge is -2.14. The third-order valence-corrected chi connectivity index (χ3v) is 7.00. The Morgan fingerprint density at radius 2 is 2.03 bits per heavy atom. The number of ether oxygens (including phenoxy) is 1.